The highest BCUT2D eigenvalue weighted by Crippen LogP contribution is 2.15. The van der Waals surface area contributed by atoms with Crippen molar-refractivity contribution in [2.45, 2.75) is 59.5 Å². The first kappa shape index (κ1) is 21.2. The zero-order valence-corrected chi connectivity index (χ0v) is 16.0. The van der Waals surface area contributed by atoms with E-state index in [1.807, 2.05) is 38.1 Å². The molecule has 1 unspecified atom stereocenters. The van der Waals surface area contributed by atoms with E-state index >= 15 is 0 Å². The summed E-state index contributed by atoms with van der Waals surface area (Å²) in [6.45, 7) is 8.97. The Morgan fingerprint density at radius 3 is 2.48 bits per heavy atom. The topological polar surface area (TPSA) is 44.8 Å². The summed E-state index contributed by atoms with van der Waals surface area (Å²) in [5.41, 5.74) is 0.923. The Balaban J connectivity index is 2.37. The fourth-order valence-electron chi connectivity index (χ4n) is 2.22. The van der Waals surface area contributed by atoms with Crippen LogP contribution in [0, 0.1) is 5.92 Å². The molecular formula is C21H32O4. The van der Waals surface area contributed by atoms with Gasteiger partial charge in [0.05, 0.1) is 12.7 Å². The molecule has 1 aromatic rings. The zero-order chi connectivity index (χ0) is 18.5. The van der Waals surface area contributed by atoms with Gasteiger partial charge in [0, 0.05) is 6.08 Å². The highest BCUT2D eigenvalue weighted by Gasteiger charge is 2.08. The number of carbonyl (C=O) groups excluding carboxylic acids is 1. The molecule has 4 nitrogen and oxygen atoms in total. The Labute approximate surface area is 152 Å². The van der Waals surface area contributed by atoms with Crippen LogP contribution in [0.25, 0.3) is 6.08 Å². The molecule has 0 aliphatic rings. The lowest BCUT2D eigenvalue weighted by atomic mass is 10.0. The lowest BCUT2D eigenvalue weighted by Crippen LogP contribution is -2.12. The first-order chi connectivity index (χ1) is 12.0. The van der Waals surface area contributed by atoms with Gasteiger partial charge < -0.3 is 14.2 Å². The highest BCUT2D eigenvalue weighted by molar-refractivity contribution is 5.87. The van der Waals surface area contributed by atoms with Gasteiger partial charge in [-0.1, -0.05) is 45.2 Å². The molecule has 1 atom stereocenters. The Bertz CT molecular complexity index is 505. The molecule has 1 rings (SSSR count). The Morgan fingerprint density at radius 1 is 1.16 bits per heavy atom. The number of benzene rings is 1. The monoisotopic (exact) mass is 348 g/mol. The van der Waals surface area contributed by atoms with Gasteiger partial charge in [-0.25, -0.2) is 4.79 Å². The maximum absolute atomic E-state index is 11.8. The summed E-state index contributed by atoms with van der Waals surface area (Å²) in [4.78, 5) is 11.8. The fourth-order valence-corrected chi connectivity index (χ4v) is 2.22. The quantitative estimate of drug-likeness (QED) is 0.295. The molecule has 1 aromatic carbocycles. The standard InChI is InChI=1S/C21H32O4/c1-5-7-8-18(6-2)15-23-21(22)14-11-19-9-12-20(13-10-19)25-16-24-17(3)4/h9-14,17-18H,5-8,15-16H2,1-4H3. The molecule has 4 heteroatoms. The minimum atomic E-state index is -0.291. The van der Waals surface area contributed by atoms with Crippen LogP contribution >= 0.6 is 0 Å². The Morgan fingerprint density at radius 2 is 1.88 bits per heavy atom. The lowest BCUT2D eigenvalue weighted by molar-refractivity contribution is -0.139. The predicted molar refractivity (Wildman–Crippen MR) is 101 cm³/mol. The van der Waals surface area contributed by atoms with Crippen molar-refractivity contribution in [1.82, 2.24) is 0 Å². The number of hydrogen-bond acceptors (Lipinski definition) is 4. The van der Waals surface area contributed by atoms with Crippen molar-refractivity contribution in [1.29, 1.82) is 0 Å². The molecule has 0 heterocycles. The van der Waals surface area contributed by atoms with Crippen LogP contribution in [0.1, 0.15) is 58.9 Å². The van der Waals surface area contributed by atoms with Crippen molar-refractivity contribution in [3.63, 3.8) is 0 Å². The maximum Gasteiger partial charge on any atom is 0.330 e. The zero-order valence-electron chi connectivity index (χ0n) is 16.0. The smallest absolute Gasteiger partial charge is 0.330 e. The molecule has 140 valence electrons. The molecule has 0 radical (unpaired) electrons. The van der Waals surface area contributed by atoms with Gasteiger partial charge in [0.15, 0.2) is 6.79 Å². The van der Waals surface area contributed by atoms with Crippen molar-refractivity contribution in [2.75, 3.05) is 13.4 Å². The lowest BCUT2D eigenvalue weighted by Gasteiger charge is -2.13. The second-order valence-corrected chi connectivity index (χ2v) is 6.43. The first-order valence-corrected chi connectivity index (χ1v) is 9.24. The SMILES string of the molecule is CCCCC(CC)COC(=O)C=Cc1ccc(OCOC(C)C)cc1. The van der Waals surface area contributed by atoms with Crippen LogP contribution in [-0.4, -0.2) is 25.5 Å². The number of rotatable bonds is 12. The Hall–Kier alpha value is -1.81. The van der Waals surface area contributed by atoms with E-state index in [1.54, 1.807) is 6.08 Å². The van der Waals surface area contributed by atoms with Crippen LogP contribution < -0.4 is 4.74 Å². The first-order valence-electron chi connectivity index (χ1n) is 9.24. The normalized spacial score (nSPS) is 12.5. The third-order valence-corrected chi connectivity index (χ3v) is 3.92. The van der Waals surface area contributed by atoms with Crippen LogP contribution in [0.15, 0.2) is 30.3 Å². The third-order valence-electron chi connectivity index (χ3n) is 3.92. The van der Waals surface area contributed by atoms with Crippen LogP contribution in [0.2, 0.25) is 0 Å². The average Bonchev–Trinajstić information content (AvgIpc) is 2.61. The van der Waals surface area contributed by atoms with Gasteiger partial charge in [0.2, 0.25) is 0 Å². The summed E-state index contributed by atoms with van der Waals surface area (Å²) < 4.78 is 16.2. The summed E-state index contributed by atoms with van der Waals surface area (Å²) in [6.07, 6.45) is 7.89. The van der Waals surface area contributed by atoms with E-state index in [-0.39, 0.29) is 18.9 Å². The molecule has 0 aromatic heterocycles. The second kappa shape index (κ2) is 12.5. The van der Waals surface area contributed by atoms with Gasteiger partial charge in [-0.15, -0.1) is 0 Å². The molecule has 0 aliphatic carbocycles. The van der Waals surface area contributed by atoms with Crippen LogP contribution in [0.5, 0.6) is 5.75 Å². The molecule has 0 fully saturated rings. The summed E-state index contributed by atoms with van der Waals surface area (Å²) in [5, 5.41) is 0. The second-order valence-electron chi connectivity index (χ2n) is 6.43. The van der Waals surface area contributed by atoms with Crippen molar-refractivity contribution < 1.29 is 19.0 Å². The van der Waals surface area contributed by atoms with E-state index in [1.165, 1.54) is 18.9 Å². The number of hydrogen-bond donors (Lipinski definition) is 0. The van der Waals surface area contributed by atoms with Gasteiger partial charge in [-0.05, 0) is 50.0 Å². The van der Waals surface area contributed by atoms with Crippen molar-refractivity contribution in [3.8, 4) is 5.75 Å². The Kier molecular flexibility index (Phi) is 10.6. The summed E-state index contributed by atoms with van der Waals surface area (Å²) >= 11 is 0. The van der Waals surface area contributed by atoms with E-state index in [0.29, 0.717) is 12.5 Å². The van der Waals surface area contributed by atoms with Crippen LogP contribution in [0.3, 0.4) is 0 Å². The fraction of sp³-hybridized carbons (Fsp3) is 0.571. The molecule has 25 heavy (non-hydrogen) atoms. The molecule has 0 bridgehead atoms. The highest BCUT2D eigenvalue weighted by atomic mass is 16.7. The summed E-state index contributed by atoms with van der Waals surface area (Å²) in [6, 6.07) is 7.49. The van der Waals surface area contributed by atoms with Crippen LogP contribution in [-0.2, 0) is 14.3 Å². The van der Waals surface area contributed by atoms with Gasteiger partial charge >= 0.3 is 5.97 Å². The molecule has 0 N–H and O–H groups in total. The summed E-state index contributed by atoms with van der Waals surface area (Å²) in [5.74, 6) is 0.907. The van der Waals surface area contributed by atoms with E-state index in [4.69, 9.17) is 14.2 Å². The minimum absolute atomic E-state index is 0.141. The van der Waals surface area contributed by atoms with Crippen molar-refractivity contribution in [2.24, 2.45) is 5.92 Å². The van der Waals surface area contributed by atoms with E-state index in [0.717, 1.165) is 24.2 Å². The van der Waals surface area contributed by atoms with Crippen LogP contribution in [0.4, 0.5) is 0 Å². The van der Waals surface area contributed by atoms with Crippen molar-refractivity contribution >= 4 is 12.0 Å². The van der Waals surface area contributed by atoms with E-state index in [9.17, 15) is 4.79 Å². The van der Waals surface area contributed by atoms with Crippen molar-refractivity contribution in [3.05, 3.63) is 35.9 Å². The molecular weight excluding hydrogens is 316 g/mol. The number of esters is 1. The van der Waals surface area contributed by atoms with E-state index in [2.05, 4.69) is 13.8 Å². The minimum Gasteiger partial charge on any atom is -0.468 e. The molecule has 0 amide bonds. The third kappa shape index (κ3) is 9.92. The molecule has 0 saturated heterocycles. The number of ether oxygens (including phenoxy) is 3. The van der Waals surface area contributed by atoms with Gasteiger partial charge in [-0.3, -0.25) is 0 Å². The predicted octanol–water partition coefficient (Wildman–Crippen LogP) is 5.22. The van der Waals surface area contributed by atoms with Gasteiger partial charge in [-0.2, -0.15) is 0 Å². The molecule has 0 spiro atoms. The number of unbranched alkanes of at least 4 members (excludes halogenated alkanes) is 1. The van der Waals surface area contributed by atoms with E-state index < -0.39 is 0 Å². The average molecular weight is 348 g/mol. The maximum atomic E-state index is 11.8. The van der Waals surface area contributed by atoms with Gasteiger partial charge in [0.25, 0.3) is 0 Å². The summed E-state index contributed by atoms with van der Waals surface area (Å²) in [7, 11) is 0. The van der Waals surface area contributed by atoms with Gasteiger partial charge in [0.1, 0.15) is 5.75 Å². The number of carbonyl (C=O) groups is 1. The largest absolute Gasteiger partial charge is 0.468 e. The molecule has 0 aliphatic heterocycles. The molecule has 0 saturated carbocycles.